The monoisotopic (exact) mass is 493 g/mol. The summed E-state index contributed by atoms with van der Waals surface area (Å²) in [5.74, 6) is -0.153. The first-order valence-corrected chi connectivity index (χ1v) is 11.0. The van der Waals surface area contributed by atoms with Gasteiger partial charge < -0.3 is 4.90 Å². The molecule has 0 saturated heterocycles. The lowest BCUT2D eigenvalue weighted by atomic mass is 10.1. The average Bonchev–Trinajstić information content (AvgIpc) is 2.80. The van der Waals surface area contributed by atoms with E-state index in [0.717, 1.165) is 4.47 Å². The van der Waals surface area contributed by atoms with E-state index in [0.29, 0.717) is 34.4 Å². The predicted octanol–water partition coefficient (Wildman–Crippen LogP) is 5.51. The average molecular weight is 494 g/mol. The maximum absolute atomic E-state index is 13.6. The van der Waals surface area contributed by atoms with Gasteiger partial charge in [0, 0.05) is 17.1 Å². The normalized spacial score (nSPS) is 12.0. The highest BCUT2D eigenvalue weighted by Gasteiger charge is 2.27. The minimum absolute atomic E-state index is 0.183. The van der Waals surface area contributed by atoms with Crippen LogP contribution in [0.2, 0.25) is 0 Å². The van der Waals surface area contributed by atoms with Crippen molar-refractivity contribution >= 4 is 32.7 Å². The van der Waals surface area contributed by atoms with E-state index in [1.165, 1.54) is 16.7 Å². The number of benzene rings is 3. The van der Waals surface area contributed by atoms with E-state index in [9.17, 15) is 14.0 Å². The highest BCUT2D eigenvalue weighted by molar-refractivity contribution is 9.10. The summed E-state index contributed by atoms with van der Waals surface area (Å²) < 4.78 is 15.9. The molecule has 32 heavy (non-hydrogen) atoms. The zero-order chi connectivity index (χ0) is 22.8. The van der Waals surface area contributed by atoms with E-state index in [4.69, 9.17) is 4.98 Å². The number of amides is 1. The van der Waals surface area contributed by atoms with Gasteiger partial charge in [-0.15, -0.1) is 0 Å². The molecule has 0 aliphatic heterocycles. The molecule has 0 saturated carbocycles. The molecule has 0 N–H and O–H groups in total. The van der Waals surface area contributed by atoms with E-state index in [2.05, 4.69) is 15.9 Å². The number of fused-ring (bicyclic) bond motifs is 1. The first-order valence-electron chi connectivity index (χ1n) is 10.2. The highest BCUT2D eigenvalue weighted by atomic mass is 79.9. The molecule has 4 rings (SSSR count). The smallest absolute Gasteiger partial charge is 0.266 e. The Morgan fingerprint density at radius 3 is 2.38 bits per heavy atom. The Balaban J connectivity index is 1.89. The molecule has 1 unspecified atom stereocenters. The van der Waals surface area contributed by atoms with Crippen molar-refractivity contribution in [3.63, 3.8) is 0 Å². The van der Waals surface area contributed by atoms with Crippen LogP contribution in [-0.2, 0) is 0 Å². The maximum atomic E-state index is 13.6. The Hall–Kier alpha value is -3.32. The molecule has 0 spiro atoms. The Kier molecular flexibility index (Phi) is 6.19. The van der Waals surface area contributed by atoms with Gasteiger partial charge in [-0.05, 0) is 67.1 Å². The second kappa shape index (κ2) is 9.04. The van der Waals surface area contributed by atoms with Gasteiger partial charge in [-0.25, -0.2) is 9.37 Å². The fourth-order valence-corrected chi connectivity index (χ4v) is 4.04. The molecule has 1 aromatic heterocycles. The summed E-state index contributed by atoms with van der Waals surface area (Å²) in [6, 6.07) is 19.4. The van der Waals surface area contributed by atoms with E-state index in [1.807, 2.05) is 25.1 Å². The number of para-hydroxylation sites is 1. The molecule has 4 aromatic rings. The van der Waals surface area contributed by atoms with Crippen molar-refractivity contribution in [1.82, 2.24) is 14.5 Å². The summed E-state index contributed by atoms with van der Waals surface area (Å²) >= 11 is 3.38. The van der Waals surface area contributed by atoms with Gasteiger partial charge in [-0.3, -0.25) is 14.2 Å². The maximum Gasteiger partial charge on any atom is 0.266 e. The van der Waals surface area contributed by atoms with Gasteiger partial charge in [0.1, 0.15) is 11.6 Å². The quantitative estimate of drug-likeness (QED) is 0.368. The van der Waals surface area contributed by atoms with Gasteiger partial charge in [0.05, 0.1) is 22.6 Å². The third-order valence-corrected chi connectivity index (χ3v) is 5.98. The van der Waals surface area contributed by atoms with Crippen molar-refractivity contribution < 1.29 is 9.18 Å². The van der Waals surface area contributed by atoms with Crippen LogP contribution in [0.25, 0.3) is 16.6 Å². The molecule has 0 bridgehead atoms. The molecular weight excluding hydrogens is 473 g/mol. The summed E-state index contributed by atoms with van der Waals surface area (Å²) in [5.41, 5.74) is 1.31. The fraction of sp³-hybridized carbons (Fsp3) is 0.160. The van der Waals surface area contributed by atoms with Crippen LogP contribution < -0.4 is 5.56 Å². The fourth-order valence-electron chi connectivity index (χ4n) is 3.78. The van der Waals surface area contributed by atoms with Crippen LogP contribution in [0.15, 0.2) is 82.1 Å². The molecule has 1 amide bonds. The molecular formula is C25H21BrFN3O2. The summed E-state index contributed by atoms with van der Waals surface area (Å²) in [7, 11) is 1.70. The first-order chi connectivity index (χ1) is 15.4. The second-order valence-corrected chi connectivity index (χ2v) is 8.37. The summed E-state index contributed by atoms with van der Waals surface area (Å²) in [4.78, 5) is 33.1. The molecule has 0 aliphatic carbocycles. The Labute approximate surface area is 193 Å². The second-order valence-electron chi connectivity index (χ2n) is 7.45. The lowest BCUT2D eigenvalue weighted by molar-refractivity contribution is 0.0717. The van der Waals surface area contributed by atoms with Crippen molar-refractivity contribution in [1.29, 1.82) is 0 Å². The predicted molar refractivity (Wildman–Crippen MR) is 127 cm³/mol. The van der Waals surface area contributed by atoms with E-state index in [-0.39, 0.29) is 11.5 Å². The topological polar surface area (TPSA) is 55.2 Å². The van der Waals surface area contributed by atoms with Gasteiger partial charge in [0.15, 0.2) is 0 Å². The lowest BCUT2D eigenvalue weighted by Gasteiger charge is -2.29. The molecule has 1 atom stereocenters. The molecule has 3 aromatic carbocycles. The number of aromatic nitrogens is 2. The molecule has 7 heteroatoms. The number of halogens is 2. The molecule has 0 radical (unpaired) electrons. The van der Waals surface area contributed by atoms with Crippen LogP contribution in [0.5, 0.6) is 0 Å². The Bertz CT molecular complexity index is 1330. The summed E-state index contributed by atoms with van der Waals surface area (Å²) in [6.45, 7) is 1.94. The molecule has 5 nitrogen and oxygen atoms in total. The molecule has 1 heterocycles. The van der Waals surface area contributed by atoms with Crippen LogP contribution in [0.3, 0.4) is 0 Å². The van der Waals surface area contributed by atoms with Crippen LogP contribution in [-0.4, -0.2) is 27.4 Å². The number of rotatable bonds is 5. The molecule has 0 aliphatic rings. The van der Waals surface area contributed by atoms with E-state index >= 15 is 0 Å². The third kappa shape index (κ3) is 4.08. The first kappa shape index (κ1) is 21.9. The van der Waals surface area contributed by atoms with E-state index < -0.39 is 11.9 Å². The highest BCUT2D eigenvalue weighted by Crippen LogP contribution is 2.26. The van der Waals surface area contributed by atoms with Gasteiger partial charge in [-0.2, -0.15) is 0 Å². The van der Waals surface area contributed by atoms with Crippen molar-refractivity contribution in [2.24, 2.45) is 0 Å². The number of carbonyl (C=O) groups is 1. The Morgan fingerprint density at radius 2 is 1.72 bits per heavy atom. The standard InChI is InChI=1S/C25H21BrFN3O2/c1-3-22(29(2)24(31)16-8-10-17(26)11-9-16)23-28-21-7-5-4-6-20(21)25(32)30(23)19-14-12-18(27)13-15-19/h4-15,22H,3H2,1-2H3. The van der Waals surface area contributed by atoms with Gasteiger partial charge in [-0.1, -0.05) is 35.0 Å². The Morgan fingerprint density at radius 1 is 1.06 bits per heavy atom. The third-order valence-electron chi connectivity index (χ3n) is 5.45. The number of nitrogens with zero attached hydrogens (tertiary/aromatic N) is 3. The zero-order valence-corrected chi connectivity index (χ0v) is 19.2. The van der Waals surface area contributed by atoms with Gasteiger partial charge in [0.25, 0.3) is 11.5 Å². The number of hydrogen-bond donors (Lipinski definition) is 0. The lowest BCUT2D eigenvalue weighted by Crippen LogP contribution is -2.36. The molecule has 0 fully saturated rings. The van der Waals surface area contributed by atoms with Crippen molar-refractivity contribution in [2.75, 3.05) is 7.05 Å². The number of hydrogen-bond acceptors (Lipinski definition) is 3. The van der Waals surface area contributed by atoms with Crippen LogP contribution >= 0.6 is 15.9 Å². The SMILES string of the molecule is CCC(c1nc2ccccc2c(=O)n1-c1ccc(F)cc1)N(C)C(=O)c1ccc(Br)cc1. The number of carbonyl (C=O) groups excluding carboxylic acids is 1. The van der Waals surface area contributed by atoms with Crippen molar-refractivity contribution in [3.8, 4) is 5.69 Å². The van der Waals surface area contributed by atoms with Crippen molar-refractivity contribution in [3.05, 3.63) is 105 Å². The summed E-state index contributed by atoms with van der Waals surface area (Å²) in [5, 5.41) is 0.456. The summed E-state index contributed by atoms with van der Waals surface area (Å²) in [6.07, 6.45) is 0.532. The van der Waals surface area contributed by atoms with Crippen LogP contribution in [0.4, 0.5) is 4.39 Å². The van der Waals surface area contributed by atoms with Gasteiger partial charge >= 0.3 is 0 Å². The zero-order valence-electron chi connectivity index (χ0n) is 17.6. The van der Waals surface area contributed by atoms with Crippen molar-refractivity contribution in [2.45, 2.75) is 19.4 Å². The minimum Gasteiger partial charge on any atom is -0.332 e. The van der Waals surface area contributed by atoms with Gasteiger partial charge in [0.2, 0.25) is 0 Å². The largest absolute Gasteiger partial charge is 0.332 e. The van der Waals surface area contributed by atoms with Crippen LogP contribution in [0.1, 0.15) is 35.6 Å². The van der Waals surface area contributed by atoms with E-state index in [1.54, 1.807) is 54.4 Å². The molecule has 162 valence electrons. The van der Waals surface area contributed by atoms with Crippen LogP contribution in [0, 0.1) is 5.82 Å². The minimum atomic E-state index is -0.478.